The Morgan fingerprint density at radius 3 is 2.41 bits per heavy atom. The number of anilines is 1. The summed E-state index contributed by atoms with van der Waals surface area (Å²) in [4.78, 5) is 2.37. The number of benzene rings is 2. The topological polar surface area (TPSA) is 15.3 Å². The molecule has 0 amide bonds. The van der Waals surface area contributed by atoms with Crippen molar-refractivity contribution in [1.82, 2.24) is 5.32 Å². The van der Waals surface area contributed by atoms with Gasteiger partial charge in [-0.05, 0) is 61.9 Å². The van der Waals surface area contributed by atoms with Crippen molar-refractivity contribution in [3.05, 3.63) is 82.2 Å². The number of hydrogen-bond acceptors (Lipinski definition) is 2. The molecule has 27 heavy (non-hydrogen) atoms. The van der Waals surface area contributed by atoms with Crippen molar-refractivity contribution in [2.45, 2.75) is 60.0 Å². The molecular weight excluding hydrogens is 328 g/mol. The van der Waals surface area contributed by atoms with E-state index in [2.05, 4.69) is 92.8 Å². The molecular formula is C25H32N2. The van der Waals surface area contributed by atoms with Crippen molar-refractivity contribution >= 4 is 11.8 Å². The molecule has 2 aliphatic rings. The van der Waals surface area contributed by atoms with Gasteiger partial charge >= 0.3 is 0 Å². The maximum Gasteiger partial charge on any atom is 0.0594 e. The Kier molecular flexibility index (Phi) is 5.46. The lowest BCUT2D eigenvalue weighted by Crippen LogP contribution is -2.25. The Balaban J connectivity index is 0.00000102. The first-order chi connectivity index (χ1) is 13.0. The SMILES string of the molecule is CC.Cc1ccc2c(c1)C=C1CC1(C)N/C=C\N(c1c(C)cccc1C)C2. The maximum absolute atomic E-state index is 3.60. The lowest BCUT2D eigenvalue weighted by molar-refractivity contribution is 0.661. The molecule has 1 saturated carbocycles. The van der Waals surface area contributed by atoms with Gasteiger partial charge in [0.05, 0.1) is 5.54 Å². The van der Waals surface area contributed by atoms with E-state index in [1.165, 1.54) is 39.1 Å². The predicted octanol–water partition coefficient (Wildman–Crippen LogP) is 6.26. The number of rotatable bonds is 1. The Morgan fingerprint density at radius 1 is 1.00 bits per heavy atom. The quantitative estimate of drug-likeness (QED) is 0.645. The summed E-state index contributed by atoms with van der Waals surface area (Å²) in [5.74, 6) is 0. The maximum atomic E-state index is 3.60. The van der Waals surface area contributed by atoms with Crippen LogP contribution in [0.4, 0.5) is 5.69 Å². The first kappa shape index (κ1) is 19.3. The average molecular weight is 361 g/mol. The number of fused-ring (bicyclic) bond motifs is 2. The van der Waals surface area contributed by atoms with E-state index in [0.29, 0.717) is 0 Å². The molecule has 0 bridgehead atoms. The van der Waals surface area contributed by atoms with Crippen LogP contribution < -0.4 is 10.2 Å². The van der Waals surface area contributed by atoms with Crippen LogP contribution in [0.5, 0.6) is 0 Å². The Hall–Kier alpha value is -2.48. The fourth-order valence-corrected chi connectivity index (χ4v) is 3.83. The molecule has 142 valence electrons. The number of hydrogen-bond donors (Lipinski definition) is 1. The minimum atomic E-state index is 0.112. The minimum absolute atomic E-state index is 0.112. The van der Waals surface area contributed by atoms with Crippen molar-refractivity contribution in [1.29, 1.82) is 0 Å². The zero-order valence-electron chi connectivity index (χ0n) is 17.6. The monoisotopic (exact) mass is 360 g/mol. The summed E-state index contributed by atoms with van der Waals surface area (Å²) in [6, 6.07) is 13.3. The molecule has 0 spiro atoms. The van der Waals surface area contributed by atoms with Crippen LogP contribution in [0, 0.1) is 20.8 Å². The standard InChI is InChI=1S/C23H26N2.C2H6/c1-16-8-9-19-15-25(22-17(2)6-5-7-18(22)3)11-10-24-23(4)14-21(23)13-20(19)12-16;1-2/h5-13,24H,14-15H2,1-4H3;1-2H3/b11-10-,21-13?;. The second-order valence-electron chi connectivity index (χ2n) is 7.71. The summed E-state index contributed by atoms with van der Waals surface area (Å²) >= 11 is 0. The molecule has 1 heterocycles. The van der Waals surface area contributed by atoms with Crippen molar-refractivity contribution in [3.63, 3.8) is 0 Å². The molecule has 0 radical (unpaired) electrons. The molecule has 2 heteroatoms. The highest BCUT2D eigenvalue weighted by Gasteiger charge is 2.43. The molecule has 0 saturated heterocycles. The zero-order chi connectivity index (χ0) is 19.6. The summed E-state index contributed by atoms with van der Waals surface area (Å²) in [5, 5.41) is 3.60. The summed E-state index contributed by atoms with van der Waals surface area (Å²) < 4.78 is 0. The average Bonchev–Trinajstić information content (AvgIpc) is 3.28. The van der Waals surface area contributed by atoms with E-state index >= 15 is 0 Å². The summed E-state index contributed by atoms with van der Waals surface area (Å²) in [5.41, 5.74) is 9.57. The highest BCUT2D eigenvalue weighted by atomic mass is 15.1. The smallest absolute Gasteiger partial charge is 0.0594 e. The third kappa shape index (κ3) is 3.95. The van der Waals surface area contributed by atoms with E-state index in [1.54, 1.807) is 0 Å². The van der Waals surface area contributed by atoms with Crippen LogP contribution in [0.15, 0.2) is 54.4 Å². The first-order valence-electron chi connectivity index (χ1n) is 10.0. The first-order valence-corrected chi connectivity index (χ1v) is 10.0. The van der Waals surface area contributed by atoms with Gasteiger partial charge in [0, 0.05) is 24.6 Å². The summed E-state index contributed by atoms with van der Waals surface area (Å²) in [6.07, 6.45) is 7.82. The number of para-hydroxylation sites is 1. The molecule has 1 atom stereocenters. The van der Waals surface area contributed by atoms with Crippen LogP contribution in [-0.4, -0.2) is 5.54 Å². The van der Waals surface area contributed by atoms with E-state index in [-0.39, 0.29) is 5.54 Å². The van der Waals surface area contributed by atoms with Gasteiger partial charge in [0.2, 0.25) is 0 Å². The van der Waals surface area contributed by atoms with Crippen molar-refractivity contribution in [2.75, 3.05) is 4.90 Å². The summed E-state index contributed by atoms with van der Waals surface area (Å²) in [7, 11) is 0. The highest BCUT2D eigenvalue weighted by Crippen LogP contribution is 2.44. The minimum Gasteiger partial charge on any atom is -0.380 e. The van der Waals surface area contributed by atoms with E-state index < -0.39 is 0 Å². The van der Waals surface area contributed by atoms with Crippen LogP contribution in [0.25, 0.3) is 6.08 Å². The van der Waals surface area contributed by atoms with Gasteiger partial charge in [-0.3, -0.25) is 0 Å². The summed E-state index contributed by atoms with van der Waals surface area (Å²) in [6.45, 7) is 13.7. The largest absolute Gasteiger partial charge is 0.380 e. The van der Waals surface area contributed by atoms with Gasteiger partial charge in [-0.25, -0.2) is 0 Å². The Morgan fingerprint density at radius 2 is 1.70 bits per heavy atom. The van der Waals surface area contributed by atoms with E-state index in [0.717, 1.165) is 13.0 Å². The Labute approximate surface area is 164 Å². The second-order valence-corrected chi connectivity index (χ2v) is 7.71. The lowest BCUT2D eigenvalue weighted by Gasteiger charge is -2.26. The predicted molar refractivity (Wildman–Crippen MR) is 118 cm³/mol. The van der Waals surface area contributed by atoms with Crippen LogP contribution in [0.1, 0.15) is 55.0 Å². The van der Waals surface area contributed by atoms with Gasteiger partial charge in [0.25, 0.3) is 0 Å². The fraction of sp³-hybridized carbons (Fsp3) is 0.360. The van der Waals surface area contributed by atoms with Crippen molar-refractivity contribution in [2.24, 2.45) is 0 Å². The molecule has 1 unspecified atom stereocenters. The third-order valence-electron chi connectivity index (χ3n) is 5.48. The third-order valence-corrected chi connectivity index (χ3v) is 5.48. The second kappa shape index (κ2) is 7.64. The molecule has 2 aromatic carbocycles. The normalized spacial score (nSPS) is 21.6. The molecule has 4 rings (SSSR count). The fourth-order valence-electron chi connectivity index (χ4n) is 3.83. The lowest BCUT2D eigenvalue weighted by atomic mass is 10.0. The van der Waals surface area contributed by atoms with E-state index in [4.69, 9.17) is 0 Å². The van der Waals surface area contributed by atoms with Gasteiger partial charge in [-0.2, -0.15) is 0 Å². The molecule has 0 aromatic heterocycles. The van der Waals surface area contributed by atoms with E-state index in [1.807, 2.05) is 13.8 Å². The molecule has 1 N–H and O–H groups in total. The molecule has 1 fully saturated rings. The van der Waals surface area contributed by atoms with Crippen molar-refractivity contribution in [3.8, 4) is 0 Å². The molecule has 2 aromatic rings. The van der Waals surface area contributed by atoms with Gasteiger partial charge in [0.15, 0.2) is 0 Å². The number of aryl methyl sites for hydroxylation is 3. The van der Waals surface area contributed by atoms with E-state index in [9.17, 15) is 0 Å². The van der Waals surface area contributed by atoms with Gasteiger partial charge in [-0.15, -0.1) is 0 Å². The molecule has 2 nitrogen and oxygen atoms in total. The highest BCUT2D eigenvalue weighted by molar-refractivity contribution is 5.67. The molecule has 1 aliphatic heterocycles. The van der Waals surface area contributed by atoms with Gasteiger partial charge < -0.3 is 10.2 Å². The zero-order valence-corrected chi connectivity index (χ0v) is 17.6. The van der Waals surface area contributed by atoms with Crippen LogP contribution in [0.3, 0.4) is 0 Å². The van der Waals surface area contributed by atoms with Gasteiger partial charge in [0.1, 0.15) is 0 Å². The Bertz CT molecular complexity index is 871. The van der Waals surface area contributed by atoms with Crippen LogP contribution in [0.2, 0.25) is 0 Å². The van der Waals surface area contributed by atoms with Crippen LogP contribution >= 0.6 is 0 Å². The number of nitrogens with one attached hydrogen (secondary N) is 1. The molecule has 1 aliphatic carbocycles. The van der Waals surface area contributed by atoms with Crippen molar-refractivity contribution < 1.29 is 0 Å². The number of nitrogens with zero attached hydrogens (tertiary/aromatic N) is 1. The van der Waals surface area contributed by atoms with Gasteiger partial charge in [-0.1, -0.05) is 61.9 Å². The van der Waals surface area contributed by atoms with Crippen LogP contribution in [-0.2, 0) is 6.54 Å².